The minimum Gasteiger partial charge on any atom is -0.379 e. The van der Waals surface area contributed by atoms with Crippen molar-refractivity contribution in [2.45, 2.75) is 4.90 Å². The molecule has 1 rings (SSSR count). The monoisotopic (exact) mass is 295 g/mol. The molecular weight excluding hydrogens is 281 g/mol. The van der Waals surface area contributed by atoms with Gasteiger partial charge in [-0.15, -0.1) is 11.6 Å². The molecule has 0 atom stereocenters. The minimum absolute atomic E-state index is 0.0673. The van der Waals surface area contributed by atoms with E-state index >= 15 is 0 Å². The number of rotatable bonds is 7. The lowest BCUT2D eigenvalue weighted by atomic mass is 10.4. The molecule has 1 aromatic carbocycles. The van der Waals surface area contributed by atoms with E-state index in [2.05, 4.69) is 0 Å². The number of ether oxygens (including phenoxy) is 1. The molecule has 0 spiro atoms. The quantitative estimate of drug-likeness (QED) is 0.568. The zero-order chi connectivity index (χ0) is 13.6. The maximum absolute atomic E-state index is 13.0. The van der Waals surface area contributed by atoms with Crippen LogP contribution in [0.1, 0.15) is 0 Å². The Hall–Kier alpha value is -0.690. The average Bonchev–Trinajstić information content (AvgIpc) is 2.34. The van der Waals surface area contributed by atoms with Crippen LogP contribution < -0.4 is 0 Å². The minimum atomic E-state index is -3.67. The second kappa shape index (κ2) is 7.04. The van der Waals surface area contributed by atoms with Crippen LogP contribution in [0.5, 0.6) is 0 Å². The Morgan fingerprint density at radius 1 is 1.39 bits per heavy atom. The molecule has 0 saturated carbocycles. The van der Waals surface area contributed by atoms with Crippen molar-refractivity contribution in [1.82, 2.24) is 4.31 Å². The van der Waals surface area contributed by atoms with Crippen LogP contribution in [-0.4, -0.2) is 45.4 Å². The Morgan fingerprint density at radius 2 is 2.11 bits per heavy atom. The van der Waals surface area contributed by atoms with Gasteiger partial charge in [0.15, 0.2) is 0 Å². The van der Waals surface area contributed by atoms with E-state index in [1.165, 1.54) is 25.2 Å². The predicted octanol–water partition coefficient (Wildman–Crippen LogP) is 1.70. The molecule has 1 aromatic rings. The summed E-state index contributed by atoms with van der Waals surface area (Å²) in [5.41, 5.74) is 0. The lowest BCUT2D eigenvalue weighted by molar-refractivity contribution is 0.140. The number of nitrogens with zero attached hydrogens (tertiary/aromatic N) is 1. The third-order valence-electron chi connectivity index (χ3n) is 2.28. The molecule has 0 fully saturated rings. The first-order valence-electron chi connectivity index (χ1n) is 5.34. The zero-order valence-electron chi connectivity index (χ0n) is 9.97. The van der Waals surface area contributed by atoms with Crippen molar-refractivity contribution in [3.63, 3.8) is 0 Å². The van der Waals surface area contributed by atoms with E-state index in [4.69, 9.17) is 16.3 Å². The molecule has 0 aliphatic carbocycles. The SMILES string of the molecule is CN(CCOCCCl)S(=O)(=O)c1cccc(F)c1. The molecule has 102 valence electrons. The molecule has 0 radical (unpaired) electrons. The molecule has 0 aromatic heterocycles. The summed E-state index contributed by atoms with van der Waals surface area (Å²) in [6.45, 7) is 0.808. The topological polar surface area (TPSA) is 46.6 Å². The van der Waals surface area contributed by atoms with Gasteiger partial charge in [0.05, 0.1) is 18.1 Å². The van der Waals surface area contributed by atoms with Crippen molar-refractivity contribution in [2.75, 3.05) is 32.7 Å². The summed E-state index contributed by atoms with van der Waals surface area (Å²) in [7, 11) is -2.25. The Labute approximate surface area is 111 Å². The average molecular weight is 296 g/mol. The lowest BCUT2D eigenvalue weighted by Crippen LogP contribution is -2.30. The molecule has 0 amide bonds. The highest BCUT2D eigenvalue weighted by molar-refractivity contribution is 7.89. The van der Waals surface area contributed by atoms with Crippen LogP contribution in [0.25, 0.3) is 0 Å². The van der Waals surface area contributed by atoms with Gasteiger partial charge >= 0.3 is 0 Å². The zero-order valence-corrected chi connectivity index (χ0v) is 11.5. The van der Waals surface area contributed by atoms with Gasteiger partial charge < -0.3 is 4.74 Å². The van der Waals surface area contributed by atoms with E-state index in [1.807, 2.05) is 0 Å². The van der Waals surface area contributed by atoms with Gasteiger partial charge in [-0.1, -0.05) is 6.07 Å². The Morgan fingerprint density at radius 3 is 2.72 bits per heavy atom. The summed E-state index contributed by atoms with van der Waals surface area (Å²) in [4.78, 5) is -0.0673. The second-order valence-corrected chi connectivity index (χ2v) is 6.01. The molecule has 0 aliphatic rings. The number of hydrogen-bond donors (Lipinski definition) is 0. The van der Waals surface area contributed by atoms with Crippen LogP contribution in [0.15, 0.2) is 29.2 Å². The summed E-state index contributed by atoms with van der Waals surface area (Å²) >= 11 is 5.42. The molecule has 0 saturated heterocycles. The number of likely N-dealkylation sites (N-methyl/N-ethyl adjacent to an activating group) is 1. The lowest BCUT2D eigenvalue weighted by Gasteiger charge is -2.17. The first-order chi connectivity index (χ1) is 8.48. The fourth-order valence-electron chi connectivity index (χ4n) is 1.28. The summed E-state index contributed by atoms with van der Waals surface area (Å²) in [6, 6.07) is 4.91. The van der Waals surface area contributed by atoms with E-state index in [1.54, 1.807) is 0 Å². The fraction of sp³-hybridized carbons (Fsp3) is 0.455. The number of alkyl halides is 1. The standard InChI is InChI=1S/C11H15ClFNO3S/c1-14(6-8-17-7-5-12)18(15,16)11-4-2-3-10(13)9-11/h2-4,9H,5-8H2,1H3. The Kier molecular flexibility index (Phi) is 6.01. The largest absolute Gasteiger partial charge is 0.379 e. The molecular formula is C11H15ClFNO3S. The van der Waals surface area contributed by atoms with Gasteiger partial charge in [0, 0.05) is 19.5 Å². The van der Waals surface area contributed by atoms with Gasteiger partial charge in [-0.2, -0.15) is 4.31 Å². The van der Waals surface area contributed by atoms with Crippen LogP contribution >= 0.6 is 11.6 Å². The number of sulfonamides is 1. The number of hydrogen-bond acceptors (Lipinski definition) is 3. The highest BCUT2D eigenvalue weighted by Gasteiger charge is 2.20. The van der Waals surface area contributed by atoms with E-state index in [-0.39, 0.29) is 18.0 Å². The molecule has 4 nitrogen and oxygen atoms in total. The van der Waals surface area contributed by atoms with Gasteiger partial charge in [0.2, 0.25) is 10.0 Å². The maximum Gasteiger partial charge on any atom is 0.242 e. The molecule has 0 unspecified atom stereocenters. The summed E-state index contributed by atoms with van der Waals surface area (Å²) in [5, 5.41) is 0. The summed E-state index contributed by atoms with van der Waals surface area (Å²) < 4.78 is 43.3. The third-order valence-corrected chi connectivity index (χ3v) is 4.28. The van der Waals surface area contributed by atoms with Gasteiger partial charge in [-0.05, 0) is 18.2 Å². The van der Waals surface area contributed by atoms with Crippen LogP contribution in [0.3, 0.4) is 0 Å². The molecule has 0 bridgehead atoms. The van der Waals surface area contributed by atoms with Gasteiger partial charge in [0.1, 0.15) is 5.82 Å². The molecule has 18 heavy (non-hydrogen) atoms. The predicted molar refractivity (Wildman–Crippen MR) is 67.8 cm³/mol. The van der Waals surface area contributed by atoms with E-state index < -0.39 is 15.8 Å². The highest BCUT2D eigenvalue weighted by atomic mass is 35.5. The van der Waals surface area contributed by atoms with Crippen molar-refractivity contribution in [3.05, 3.63) is 30.1 Å². The van der Waals surface area contributed by atoms with Crippen molar-refractivity contribution >= 4 is 21.6 Å². The Balaban J connectivity index is 2.68. The van der Waals surface area contributed by atoms with Crippen molar-refractivity contribution in [2.24, 2.45) is 0 Å². The molecule has 7 heteroatoms. The van der Waals surface area contributed by atoms with Crippen molar-refractivity contribution < 1.29 is 17.5 Å². The first kappa shape index (κ1) is 15.4. The normalized spacial score (nSPS) is 12.0. The highest BCUT2D eigenvalue weighted by Crippen LogP contribution is 2.14. The van der Waals surface area contributed by atoms with E-state index in [9.17, 15) is 12.8 Å². The smallest absolute Gasteiger partial charge is 0.242 e. The maximum atomic E-state index is 13.0. The number of benzene rings is 1. The van der Waals surface area contributed by atoms with Crippen LogP contribution in [-0.2, 0) is 14.8 Å². The first-order valence-corrected chi connectivity index (χ1v) is 7.31. The Bertz CT molecular complexity index is 481. The summed E-state index contributed by atoms with van der Waals surface area (Å²) in [6.07, 6.45) is 0. The van der Waals surface area contributed by atoms with E-state index in [0.717, 1.165) is 10.4 Å². The summed E-state index contributed by atoms with van der Waals surface area (Å²) in [5.74, 6) is -0.219. The molecule has 0 N–H and O–H groups in total. The van der Waals surface area contributed by atoms with Crippen LogP contribution in [0, 0.1) is 5.82 Å². The van der Waals surface area contributed by atoms with E-state index in [0.29, 0.717) is 12.5 Å². The van der Waals surface area contributed by atoms with Gasteiger partial charge in [-0.3, -0.25) is 0 Å². The number of halogens is 2. The fourth-order valence-corrected chi connectivity index (χ4v) is 2.57. The van der Waals surface area contributed by atoms with Crippen molar-refractivity contribution in [1.29, 1.82) is 0 Å². The second-order valence-electron chi connectivity index (χ2n) is 3.59. The third kappa shape index (κ3) is 4.20. The molecule has 0 aliphatic heterocycles. The molecule has 0 heterocycles. The van der Waals surface area contributed by atoms with Crippen LogP contribution in [0.4, 0.5) is 4.39 Å². The van der Waals surface area contributed by atoms with Gasteiger partial charge in [-0.25, -0.2) is 12.8 Å². The van der Waals surface area contributed by atoms with Gasteiger partial charge in [0.25, 0.3) is 0 Å². The van der Waals surface area contributed by atoms with Crippen molar-refractivity contribution in [3.8, 4) is 0 Å². The van der Waals surface area contributed by atoms with Crippen LogP contribution in [0.2, 0.25) is 0 Å².